The second kappa shape index (κ2) is 11.9. The summed E-state index contributed by atoms with van der Waals surface area (Å²) in [5.74, 6) is 0.0422. The highest BCUT2D eigenvalue weighted by molar-refractivity contribution is 9.10. The third kappa shape index (κ3) is 6.10. The van der Waals surface area contributed by atoms with Crippen molar-refractivity contribution in [3.63, 3.8) is 0 Å². The Morgan fingerprint density at radius 1 is 1.16 bits per heavy atom. The zero-order chi connectivity index (χ0) is 26.4. The number of amides is 1. The van der Waals surface area contributed by atoms with E-state index in [0.29, 0.717) is 39.2 Å². The highest BCUT2D eigenvalue weighted by Crippen LogP contribution is 2.35. The molecule has 186 valence electrons. The molecule has 0 saturated carbocycles. The summed E-state index contributed by atoms with van der Waals surface area (Å²) >= 11 is 4.82. The molecule has 37 heavy (non-hydrogen) atoms. The Morgan fingerprint density at radius 3 is 2.70 bits per heavy atom. The fraction of sp³-hybridized carbons (Fsp3) is 0.143. The summed E-state index contributed by atoms with van der Waals surface area (Å²) in [6.07, 6.45) is 1.81. The van der Waals surface area contributed by atoms with E-state index in [2.05, 4.69) is 27.0 Å². The van der Waals surface area contributed by atoms with E-state index in [1.807, 2.05) is 49.4 Å². The highest BCUT2D eigenvalue weighted by Gasteiger charge is 2.32. The van der Waals surface area contributed by atoms with Crippen molar-refractivity contribution >= 4 is 56.5 Å². The number of methoxy groups -OCH3 is 1. The molecule has 1 aliphatic heterocycles. The highest BCUT2D eigenvalue weighted by atomic mass is 79.9. The van der Waals surface area contributed by atoms with Crippen LogP contribution in [0, 0.1) is 11.3 Å². The van der Waals surface area contributed by atoms with Crippen LogP contribution in [0.5, 0.6) is 5.75 Å². The smallest absolute Gasteiger partial charge is 0.337 e. The summed E-state index contributed by atoms with van der Waals surface area (Å²) in [7, 11) is 1.33. The zero-order valence-corrected chi connectivity index (χ0v) is 22.5. The van der Waals surface area contributed by atoms with Gasteiger partial charge in [0.05, 0.1) is 39.4 Å². The van der Waals surface area contributed by atoms with Gasteiger partial charge < -0.3 is 9.47 Å². The predicted octanol–water partition coefficient (Wildman–Crippen LogP) is 6.31. The van der Waals surface area contributed by atoms with Gasteiger partial charge >= 0.3 is 5.97 Å². The lowest BCUT2D eigenvalue weighted by atomic mass is 10.1. The van der Waals surface area contributed by atoms with Crippen LogP contribution in [0.25, 0.3) is 6.08 Å². The lowest BCUT2D eigenvalue weighted by molar-refractivity contribution is -0.122. The maximum atomic E-state index is 13.1. The maximum Gasteiger partial charge on any atom is 0.337 e. The Bertz CT molecular complexity index is 1460. The Labute approximate surface area is 227 Å². The minimum Gasteiger partial charge on any atom is -0.488 e. The molecule has 1 heterocycles. The van der Waals surface area contributed by atoms with E-state index >= 15 is 0 Å². The first kappa shape index (κ1) is 26.2. The van der Waals surface area contributed by atoms with Crippen molar-refractivity contribution in [2.75, 3.05) is 13.7 Å². The van der Waals surface area contributed by atoms with E-state index in [1.54, 1.807) is 35.2 Å². The van der Waals surface area contributed by atoms with Crippen molar-refractivity contribution in [3.05, 3.63) is 98.4 Å². The van der Waals surface area contributed by atoms with Crippen LogP contribution in [0.4, 0.5) is 5.69 Å². The SMILES string of the molecule is CCN1C(=O)C(=Cc2ccc(OCc3ccccc3C#N)c(Br)c2)SC1=Nc1cccc(C(=O)OC)c1. The van der Waals surface area contributed by atoms with Gasteiger partial charge in [-0.1, -0.05) is 30.3 Å². The van der Waals surface area contributed by atoms with Crippen LogP contribution in [0.1, 0.15) is 34.0 Å². The molecule has 1 amide bonds. The van der Waals surface area contributed by atoms with Gasteiger partial charge in [0.15, 0.2) is 5.17 Å². The number of hydrogen-bond donors (Lipinski definition) is 0. The van der Waals surface area contributed by atoms with Crippen LogP contribution >= 0.6 is 27.7 Å². The Balaban J connectivity index is 1.53. The number of amidine groups is 1. The number of halogens is 1. The third-order valence-electron chi connectivity index (χ3n) is 5.47. The van der Waals surface area contributed by atoms with Crippen molar-refractivity contribution in [2.45, 2.75) is 13.5 Å². The van der Waals surface area contributed by atoms with Gasteiger partial charge in [-0.2, -0.15) is 5.26 Å². The van der Waals surface area contributed by atoms with Crippen LogP contribution in [0.15, 0.2) is 81.1 Å². The van der Waals surface area contributed by atoms with Crippen molar-refractivity contribution in [2.24, 2.45) is 4.99 Å². The van der Waals surface area contributed by atoms with Gasteiger partial charge in [-0.15, -0.1) is 0 Å². The first-order valence-electron chi connectivity index (χ1n) is 11.3. The molecule has 0 aromatic heterocycles. The first-order chi connectivity index (χ1) is 17.9. The fourth-order valence-corrected chi connectivity index (χ4v) is 5.16. The molecular formula is C28H22BrN3O4S. The van der Waals surface area contributed by atoms with Crippen LogP contribution < -0.4 is 4.74 Å². The average Bonchev–Trinajstić information content (AvgIpc) is 3.21. The van der Waals surface area contributed by atoms with Crippen LogP contribution in [-0.4, -0.2) is 35.6 Å². The first-order valence-corrected chi connectivity index (χ1v) is 12.9. The van der Waals surface area contributed by atoms with E-state index in [9.17, 15) is 14.9 Å². The van der Waals surface area contributed by atoms with Crippen LogP contribution in [0.3, 0.4) is 0 Å². The van der Waals surface area contributed by atoms with Gasteiger partial charge in [0, 0.05) is 12.1 Å². The van der Waals surface area contributed by atoms with Gasteiger partial charge in [0.2, 0.25) is 0 Å². The number of rotatable bonds is 7. The Hall–Kier alpha value is -3.87. The van der Waals surface area contributed by atoms with E-state index in [4.69, 9.17) is 9.47 Å². The minimum absolute atomic E-state index is 0.139. The summed E-state index contributed by atoms with van der Waals surface area (Å²) in [4.78, 5) is 31.6. The number of nitriles is 1. The molecule has 3 aromatic carbocycles. The van der Waals surface area contributed by atoms with Crippen molar-refractivity contribution in [3.8, 4) is 11.8 Å². The number of thioether (sulfide) groups is 1. The summed E-state index contributed by atoms with van der Waals surface area (Å²) in [5.41, 5.74) is 3.14. The quantitative estimate of drug-likeness (QED) is 0.242. The standard InChI is InChI=1S/C28H22BrN3O4S/c1-3-32-26(33)25(37-28(32)31-22-10-6-9-19(15-22)27(34)35-2)14-18-11-12-24(23(29)13-18)36-17-21-8-5-4-7-20(21)16-30/h4-15H,3,17H2,1-2H3. The summed E-state index contributed by atoms with van der Waals surface area (Å²) in [6.45, 7) is 2.61. The molecule has 4 rings (SSSR count). The van der Waals surface area contributed by atoms with Crippen molar-refractivity contribution in [1.82, 2.24) is 4.90 Å². The van der Waals surface area contributed by atoms with Gasteiger partial charge in [0.1, 0.15) is 12.4 Å². The molecule has 1 saturated heterocycles. The zero-order valence-electron chi connectivity index (χ0n) is 20.1. The number of carbonyl (C=O) groups is 2. The molecule has 0 N–H and O–H groups in total. The minimum atomic E-state index is -0.447. The largest absolute Gasteiger partial charge is 0.488 e. The number of ether oxygens (including phenoxy) is 2. The van der Waals surface area contributed by atoms with E-state index in [0.717, 1.165) is 15.6 Å². The molecule has 1 fully saturated rings. The number of likely N-dealkylation sites (N-methyl/N-ethyl adjacent to an activating group) is 1. The van der Waals surface area contributed by atoms with Gasteiger partial charge in [-0.25, -0.2) is 9.79 Å². The number of aliphatic imine (C=N–C) groups is 1. The molecule has 0 bridgehead atoms. The molecular weight excluding hydrogens is 554 g/mol. The van der Waals surface area contributed by atoms with Crippen molar-refractivity contribution < 1.29 is 19.1 Å². The van der Waals surface area contributed by atoms with E-state index in [-0.39, 0.29) is 12.5 Å². The number of esters is 1. The van der Waals surface area contributed by atoms with Gasteiger partial charge in [0.25, 0.3) is 5.91 Å². The van der Waals surface area contributed by atoms with Crippen LogP contribution in [0.2, 0.25) is 0 Å². The molecule has 7 nitrogen and oxygen atoms in total. The predicted molar refractivity (Wildman–Crippen MR) is 147 cm³/mol. The van der Waals surface area contributed by atoms with E-state index < -0.39 is 5.97 Å². The van der Waals surface area contributed by atoms with Gasteiger partial charge in [-0.05, 0) is 82.7 Å². The lowest BCUT2D eigenvalue weighted by Gasteiger charge is -2.12. The third-order valence-corrected chi connectivity index (χ3v) is 7.10. The number of nitrogens with zero attached hydrogens (tertiary/aromatic N) is 3. The Morgan fingerprint density at radius 2 is 1.97 bits per heavy atom. The molecule has 0 spiro atoms. The van der Waals surface area contributed by atoms with Gasteiger partial charge in [-0.3, -0.25) is 9.69 Å². The normalized spacial score (nSPS) is 15.2. The Kier molecular flexibility index (Phi) is 8.43. The molecule has 0 atom stereocenters. The number of hydrogen-bond acceptors (Lipinski definition) is 7. The number of carbonyl (C=O) groups excluding carboxylic acids is 2. The molecule has 0 unspecified atom stereocenters. The second-order valence-electron chi connectivity index (χ2n) is 7.84. The molecule has 3 aromatic rings. The number of benzene rings is 3. The molecule has 9 heteroatoms. The molecule has 0 radical (unpaired) electrons. The summed E-state index contributed by atoms with van der Waals surface area (Å²) in [5, 5.41) is 9.80. The fourth-order valence-electron chi connectivity index (χ4n) is 3.59. The average molecular weight is 576 g/mol. The molecule has 0 aliphatic carbocycles. The lowest BCUT2D eigenvalue weighted by Crippen LogP contribution is -2.28. The maximum absolute atomic E-state index is 13.1. The van der Waals surface area contributed by atoms with Crippen LogP contribution in [-0.2, 0) is 16.1 Å². The monoisotopic (exact) mass is 575 g/mol. The van der Waals surface area contributed by atoms with E-state index in [1.165, 1.54) is 18.9 Å². The molecule has 1 aliphatic rings. The van der Waals surface area contributed by atoms with Crippen molar-refractivity contribution in [1.29, 1.82) is 5.26 Å². The topological polar surface area (TPSA) is 92.0 Å². The second-order valence-corrected chi connectivity index (χ2v) is 9.71. The summed E-state index contributed by atoms with van der Waals surface area (Å²) in [6, 6.07) is 21.8. The summed E-state index contributed by atoms with van der Waals surface area (Å²) < 4.78 is 11.4.